The van der Waals surface area contributed by atoms with Gasteiger partial charge < -0.3 is 14.4 Å². The molecule has 3 heterocycles. The number of nitrogens with zero attached hydrogens (tertiary/aromatic N) is 2. The van der Waals surface area contributed by atoms with Crippen LogP contribution >= 0.6 is 0 Å². The Bertz CT molecular complexity index is 610. The number of aryl methyl sites for hydroxylation is 1. The van der Waals surface area contributed by atoms with Gasteiger partial charge in [-0.05, 0) is 49.6 Å². The van der Waals surface area contributed by atoms with Gasteiger partial charge in [0.2, 0.25) is 0 Å². The van der Waals surface area contributed by atoms with Gasteiger partial charge in [-0.3, -0.25) is 0 Å². The van der Waals surface area contributed by atoms with Gasteiger partial charge in [0.1, 0.15) is 0 Å². The average Bonchev–Trinajstić information content (AvgIpc) is 2.85. The van der Waals surface area contributed by atoms with Crippen LogP contribution in [0.4, 0.5) is 4.79 Å². The third-order valence-electron chi connectivity index (χ3n) is 3.99. The molecule has 2 aromatic rings. The molecule has 1 amide bonds. The minimum atomic E-state index is -0.797. The maximum Gasteiger partial charge on any atom is 0.407 e. The normalized spacial score (nSPS) is 17.0. The molecule has 4 heteroatoms. The largest absolute Gasteiger partial charge is 0.465 e. The molecule has 100 valence electrons. The van der Waals surface area contributed by atoms with Gasteiger partial charge in [-0.15, -0.1) is 0 Å². The number of amides is 1. The lowest BCUT2D eigenvalue weighted by Gasteiger charge is -2.30. The topological polar surface area (TPSA) is 45.0 Å². The molecular weight excluding hydrogens is 240 g/mol. The van der Waals surface area contributed by atoms with Crippen LogP contribution in [0.5, 0.6) is 0 Å². The molecule has 0 spiro atoms. The Kier molecular flexibility index (Phi) is 2.93. The minimum absolute atomic E-state index is 0.449. The number of likely N-dealkylation sites (tertiary alicyclic amines) is 1. The molecule has 1 saturated heterocycles. The molecule has 0 unspecified atom stereocenters. The Balaban J connectivity index is 1.89. The van der Waals surface area contributed by atoms with E-state index in [2.05, 4.69) is 41.8 Å². The lowest BCUT2D eigenvalue weighted by molar-refractivity contribution is 0.131. The van der Waals surface area contributed by atoms with Gasteiger partial charge in [0, 0.05) is 36.4 Å². The second-order valence-corrected chi connectivity index (χ2v) is 5.30. The highest BCUT2D eigenvalue weighted by Crippen LogP contribution is 2.29. The number of carboxylic acid groups (broad SMARTS) is 1. The van der Waals surface area contributed by atoms with Crippen molar-refractivity contribution in [2.45, 2.75) is 25.7 Å². The summed E-state index contributed by atoms with van der Waals surface area (Å²) >= 11 is 0. The molecule has 0 aromatic carbocycles. The van der Waals surface area contributed by atoms with Gasteiger partial charge in [-0.1, -0.05) is 0 Å². The van der Waals surface area contributed by atoms with Crippen LogP contribution in [-0.2, 0) is 0 Å². The molecule has 0 saturated carbocycles. The Hall–Kier alpha value is -1.97. The summed E-state index contributed by atoms with van der Waals surface area (Å²) in [6.07, 6.45) is 3.11. The highest BCUT2D eigenvalue weighted by molar-refractivity contribution is 5.65. The van der Waals surface area contributed by atoms with Crippen molar-refractivity contribution < 1.29 is 9.90 Å². The third-order valence-corrected chi connectivity index (χ3v) is 3.99. The summed E-state index contributed by atoms with van der Waals surface area (Å²) < 4.78 is 2.23. The maximum absolute atomic E-state index is 10.9. The molecule has 1 N–H and O–H groups in total. The molecule has 0 radical (unpaired) electrons. The molecule has 0 aliphatic carbocycles. The summed E-state index contributed by atoms with van der Waals surface area (Å²) in [5.74, 6) is 0.449. The fourth-order valence-electron chi connectivity index (χ4n) is 3.01. The first-order chi connectivity index (χ1) is 9.15. The first-order valence-corrected chi connectivity index (χ1v) is 6.70. The van der Waals surface area contributed by atoms with Crippen LogP contribution in [0.1, 0.15) is 30.0 Å². The van der Waals surface area contributed by atoms with E-state index in [1.54, 1.807) is 0 Å². The molecule has 1 aliphatic rings. The van der Waals surface area contributed by atoms with Crippen LogP contribution < -0.4 is 0 Å². The van der Waals surface area contributed by atoms with E-state index in [-0.39, 0.29) is 0 Å². The van der Waals surface area contributed by atoms with Crippen LogP contribution in [0, 0.1) is 6.92 Å². The molecule has 0 atom stereocenters. The van der Waals surface area contributed by atoms with Gasteiger partial charge in [0.25, 0.3) is 0 Å². The fraction of sp³-hybridized carbons (Fsp3) is 0.400. The van der Waals surface area contributed by atoms with E-state index >= 15 is 0 Å². The van der Waals surface area contributed by atoms with E-state index in [4.69, 9.17) is 5.11 Å². The zero-order chi connectivity index (χ0) is 13.4. The van der Waals surface area contributed by atoms with Crippen LogP contribution in [-0.4, -0.2) is 33.6 Å². The maximum atomic E-state index is 10.9. The van der Waals surface area contributed by atoms with Gasteiger partial charge >= 0.3 is 6.09 Å². The van der Waals surface area contributed by atoms with Crippen molar-refractivity contribution in [3.8, 4) is 0 Å². The highest BCUT2D eigenvalue weighted by Gasteiger charge is 2.24. The number of rotatable bonds is 1. The predicted molar refractivity (Wildman–Crippen MR) is 73.7 cm³/mol. The summed E-state index contributed by atoms with van der Waals surface area (Å²) in [6.45, 7) is 3.39. The number of piperidine rings is 1. The molecule has 2 aromatic heterocycles. The number of pyridine rings is 1. The first-order valence-electron chi connectivity index (χ1n) is 6.70. The molecular formula is C15H18N2O2. The number of hydrogen-bond acceptors (Lipinski definition) is 1. The van der Waals surface area contributed by atoms with E-state index in [1.807, 2.05) is 0 Å². The second kappa shape index (κ2) is 4.61. The summed E-state index contributed by atoms with van der Waals surface area (Å²) in [4.78, 5) is 12.5. The fourth-order valence-corrected chi connectivity index (χ4v) is 3.01. The second-order valence-electron chi connectivity index (χ2n) is 5.30. The summed E-state index contributed by atoms with van der Waals surface area (Å²) in [6, 6.07) is 8.58. The Morgan fingerprint density at radius 2 is 2.05 bits per heavy atom. The van der Waals surface area contributed by atoms with Gasteiger partial charge in [-0.2, -0.15) is 0 Å². The molecule has 4 nitrogen and oxygen atoms in total. The average molecular weight is 258 g/mol. The van der Waals surface area contributed by atoms with E-state index in [1.165, 1.54) is 21.7 Å². The lowest BCUT2D eigenvalue weighted by atomic mass is 9.92. The van der Waals surface area contributed by atoms with Gasteiger partial charge in [0.05, 0.1) is 0 Å². The molecule has 1 aliphatic heterocycles. The quantitative estimate of drug-likeness (QED) is 0.854. The number of hydrogen-bond donors (Lipinski definition) is 1. The Labute approximate surface area is 112 Å². The number of aromatic nitrogens is 1. The number of fused-ring (bicyclic) bond motifs is 1. The molecule has 0 bridgehead atoms. The number of carbonyl (C=O) groups is 1. The van der Waals surface area contributed by atoms with Gasteiger partial charge in [-0.25, -0.2) is 4.79 Å². The van der Waals surface area contributed by atoms with Crippen LogP contribution in [0.15, 0.2) is 30.5 Å². The van der Waals surface area contributed by atoms with Crippen molar-refractivity contribution in [1.82, 2.24) is 9.30 Å². The van der Waals surface area contributed by atoms with E-state index in [9.17, 15) is 4.79 Å². The summed E-state index contributed by atoms with van der Waals surface area (Å²) in [7, 11) is 0. The van der Waals surface area contributed by atoms with E-state index in [0.717, 1.165) is 12.8 Å². The van der Waals surface area contributed by atoms with Crippen LogP contribution in [0.3, 0.4) is 0 Å². The zero-order valence-electron chi connectivity index (χ0n) is 11.0. The van der Waals surface area contributed by atoms with Crippen LogP contribution in [0.25, 0.3) is 5.52 Å². The smallest absolute Gasteiger partial charge is 0.407 e. The van der Waals surface area contributed by atoms with Crippen molar-refractivity contribution >= 4 is 11.6 Å². The standard InChI is InChI=1S/C15H18N2O2/c1-11-9-13-3-2-6-17(13)14(10-11)12-4-7-16(8-5-12)15(18)19/h2-3,6,9-10,12H,4-5,7-8H2,1H3,(H,18,19). The minimum Gasteiger partial charge on any atom is -0.465 e. The molecule has 3 rings (SSSR count). The predicted octanol–water partition coefficient (Wildman–Crippen LogP) is 3.11. The Morgan fingerprint density at radius 1 is 1.32 bits per heavy atom. The first kappa shape index (κ1) is 12.1. The van der Waals surface area contributed by atoms with E-state index < -0.39 is 6.09 Å². The molecule has 1 fully saturated rings. The SMILES string of the molecule is Cc1cc(C2CCN(C(=O)O)CC2)n2cccc2c1. The molecule has 19 heavy (non-hydrogen) atoms. The van der Waals surface area contributed by atoms with Crippen molar-refractivity contribution in [2.24, 2.45) is 0 Å². The van der Waals surface area contributed by atoms with Crippen molar-refractivity contribution in [2.75, 3.05) is 13.1 Å². The van der Waals surface area contributed by atoms with Crippen molar-refractivity contribution in [3.63, 3.8) is 0 Å². The third kappa shape index (κ3) is 2.18. The van der Waals surface area contributed by atoms with Crippen LogP contribution in [0.2, 0.25) is 0 Å². The zero-order valence-corrected chi connectivity index (χ0v) is 11.0. The lowest BCUT2D eigenvalue weighted by Crippen LogP contribution is -2.37. The Morgan fingerprint density at radius 3 is 2.74 bits per heavy atom. The monoisotopic (exact) mass is 258 g/mol. The van der Waals surface area contributed by atoms with Crippen molar-refractivity contribution in [3.05, 3.63) is 41.7 Å². The summed E-state index contributed by atoms with van der Waals surface area (Å²) in [5.41, 5.74) is 3.79. The van der Waals surface area contributed by atoms with Crippen molar-refractivity contribution in [1.29, 1.82) is 0 Å². The van der Waals surface area contributed by atoms with E-state index in [0.29, 0.717) is 19.0 Å². The van der Waals surface area contributed by atoms with Gasteiger partial charge in [0.15, 0.2) is 0 Å². The summed E-state index contributed by atoms with van der Waals surface area (Å²) in [5, 5.41) is 9.00. The highest BCUT2D eigenvalue weighted by atomic mass is 16.4.